The standard InChI is InChI=1S/C19H26N4O2/c24-19(21-11-9-16-7-2-3-10-20-16)22-15-17(18-8-6-14-25-18)23-12-4-1-5-13-23/h2-3,6-8,10,14,17H,1,4-5,9,11-13,15H2,(H2,21,22,24)/t17-/m1/s1. The lowest BCUT2D eigenvalue weighted by Crippen LogP contribution is -2.44. The van der Waals surface area contributed by atoms with E-state index in [1.807, 2.05) is 30.3 Å². The summed E-state index contributed by atoms with van der Waals surface area (Å²) in [4.78, 5) is 18.8. The number of carbonyl (C=O) groups is 1. The number of nitrogens with zero attached hydrogens (tertiary/aromatic N) is 2. The van der Waals surface area contributed by atoms with Gasteiger partial charge in [0.1, 0.15) is 5.76 Å². The molecule has 0 radical (unpaired) electrons. The Hall–Kier alpha value is -2.34. The van der Waals surface area contributed by atoms with E-state index in [4.69, 9.17) is 4.42 Å². The van der Waals surface area contributed by atoms with Crippen LogP contribution in [0.1, 0.15) is 36.8 Å². The van der Waals surface area contributed by atoms with E-state index >= 15 is 0 Å². The van der Waals surface area contributed by atoms with E-state index in [9.17, 15) is 4.79 Å². The molecule has 0 aliphatic carbocycles. The Morgan fingerprint density at radius 2 is 2.04 bits per heavy atom. The SMILES string of the molecule is O=C(NCCc1ccccn1)NC[C@H](c1ccco1)N1CCCCC1. The van der Waals surface area contributed by atoms with Crippen molar-refractivity contribution in [2.45, 2.75) is 31.7 Å². The van der Waals surface area contributed by atoms with Gasteiger partial charge in [0.25, 0.3) is 0 Å². The maximum Gasteiger partial charge on any atom is 0.314 e. The van der Waals surface area contributed by atoms with Crippen LogP contribution >= 0.6 is 0 Å². The summed E-state index contributed by atoms with van der Waals surface area (Å²) in [5, 5.41) is 5.88. The van der Waals surface area contributed by atoms with E-state index in [1.54, 1.807) is 12.5 Å². The molecule has 6 nitrogen and oxygen atoms in total. The van der Waals surface area contributed by atoms with Crippen LogP contribution in [0.3, 0.4) is 0 Å². The molecule has 6 heteroatoms. The summed E-state index contributed by atoms with van der Waals surface area (Å²) in [5.41, 5.74) is 0.976. The first kappa shape index (κ1) is 17.5. The van der Waals surface area contributed by atoms with Crippen LogP contribution in [0.2, 0.25) is 0 Å². The number of piperidine rings is 1. The highest BCUT2D eigenvalue weighted by Gasteiger charge is 2.24. The minimum Gasteiger partial charge on any atom is -0.468 e. The molecule has 2 amide bonds. The van der Waals surface area contributed by atoms with Crippen LogP contribution in [-0.2, 0) is 6.42 Å². The van der Waals surface area contributed by atoms with E-state index in [-0.39, 0.29) is 12.1 Å². The zero-order valence-corrected chi connectivity index (χ0v) is 14.5. The molecule has 1 atom stereocenters. The van der Waals surface area contributed by atoms with Crippen molar-refractivity contribution in [3.05, 3.63) is 54.2 Å². The molecule has 1 fully saturated rings. The van der Waals surface area contributed by atoms with Gasteiger partial charge in [-0.3, -0.25) is 9.88 Å². The van der Waals surface area contributed by atoms with Crippen LogP contribution in [0.5, 0.6) is 0 Å². The highest BCUT2D eigenvalue weighted by Crippen LogP contribution is 2.24. The number of urea groups is 1. The molecule has 2 N–H and O–H groups in total. The van der Waals surface area contributed by atoms with Crippen molar-refractivity contribution < 1.29 is 9.21 Å². The maximum atomic E-state index is 12.1. The monoisotopic (exact) mass is 342 g/mol. The quantitative estimate of drug-likeness (QED) is 0.812. The number of nitrogens with one attached hydrogen (secondary N) is 2. The predicted octanol–water partition coefficient (Wildman–Crippen LogP) is 2.74. The topological polar surface area (TPSA) is 70.4 Å². The smallest absolute Gasteiger partial charge is 0.314 e. The number of hydrogen-bond donors (Lipinski definition) is 2. The summed E-state index contributed by atoms with van der Waals surface area (Å²) in [6.45, 7) is 3.21. The number of likely N-dealkylation sites (tertiary alicyclic amines) is 1. The normalized spacial score (nSPS) is 16.3. The van der Waals surface area contributed by atoms with Crippen molar-refractivity contribution in [3.63, 3.8) is 0 Å². The van der Waals surface area contributed by atoms with Crippen LogP contribution in [0.25, 0.3) is 0 Å². The number of aromatic nitrogens is 1. The number of furan rings is 1. The van der Waals surface area contributed by atoms with E-state index in [2.05, 4.69) is 20.5 Å². The van der Waals surface area contributed by atoms with Gasteiger partial charge in [0.2, 0.25) is 0 Å². The van der Waals surface area contributed by atoms with Crippen LogP contribution in [-0.4, -0.2) is 42.1 Å². The van der Waals surface area contributed by atoms with E-state index in [0.29, 0.717) is 13.1 Å². The molecule has 1 aliphatic heterocycles. The molecule has 134 valence electrons. The first-order chi connectivity index (χ1) is 12.3. The molecule has 2 aromatic rings. The lowest BCUT2D eigenvalue weighted by molar-refractivity contribution is 0.143. The van der Waals surface area contributed by atoms with Gasteiger partial charge in [0.05, 0.1) is 12.3 Å². The number of hydrogen-bond acceptors (Lipinski definition) is 4. The van der Waals surface area contributed by atoms with Crippen molar-refractivity contribution in [1.29, 1.82) is 0 Å². The van der Waals surface area contributed by atoms with Crippen LogP contribution in [0.4, 0.5) is 4.79 Å². The highest BCUT2D eigenvalue weighted by atomic mass is 16.3. The molecule has 0 saturated carbocycles. The van der Waals surface area contributed by atoms with Gasteiger partial charge in [-0.2, -0.15) is 0 Å². The van der Waals surface area contributed by atoms with Gasteiger partial charge >= 0.3 is 6.03 Å². The Morgan fingerprint density at radius 3 is 2.76 bits per heavy atom. The molecule has 0 spiro atoms. The molecular weight excluding hydrogens is 316 g/mol. The number of pyridine rings is 1. The molecule has 0 unspecified atom stereocenters. The molecule has 1 saturated heterocycles. The molecule has 2 aromatic heterocycles. The zero-order valence-electron chi connectivity index (χ0n) is 14.5. The van der Waals surface area contributed by atoms with Gasteiger partial charge in [0, 0.05) is 31.4 Å². The Labute approximate surface area is 148 Å². The summed E-state index contributed by atoms with van der Waals surface area (Å²) in [6.07, 6.45) is 7.87. The lowest BCUT2D eigenvalue weighted by atomic mass is 10.1. The van der Waals surface area contributed by atoms with Crippen molar-refractivity contribution in [2.24, 2.45) is 0 Å². The molecule has 1 aliphatic rings. The summed E-state index contributed by atoms with van der Waals surface area (Å²) in [6, 6.07) is 9.64. The fourth-order valence-electron chi connectivity index (χ4n) is 3.22. The Balaban J connectivity index is 1.46. The van der Waals surface area contributed by atoms with Crippen molar-refractivity contribution in [2.75, 3.05) is 26.2 Å². The third-order valence-corrected chi connectivity index (χ3v) is 4.55. The highest BCUT2D eigenvalue weighted by molar-refractivity contribution is 5.73. The average molecular weight is 342 g/mol. The van der Waals surface area contributed by atoms with Crippen molar-refractivity contribution in [1.82, 2.24) is 20.5 Å². The number of carbonyl (C=O) groups excluding carboxylic acids is 1. The first-order valence-corrected chi connectivity index (χ1v) is 9.02. The van der Waals surface area contributed by atoms with E-state index in [1.165, 1.54) is 19.3 Å². The van der Waals surface area contributed by atoms with Crippen LogP contribution in [0.15, 0.2) is 47.2 Å². The molecular formula is C19H26N4O2. The summed E-state index contributed by atoms with van der Waals surface area (Å²) in [7, 11) is 0. The van der Waals surface area contributed by atoms with Gasteiger partial charge in [-0.15, -0.1) is 0 Å². The zero-order chi connectivity index (χ0) is 17.3. The third-order valence-electron chi connectivity index (χ3n) is 4.55. The van der Waals surface area contributed by atoms with Gasteiger partial charge in [-0.1, -0.05) is 12.5 Å². The predicted molar refractivity (Wildman–Crippen MR) is 96.2 cm³/mol. The van der Waals surface area contributed by atoms with Gasteiger partial charge in [-0.05, 0) is 50.2 Å². The third kappa shape index (κ3) is 5.32. The largest absolute Gasteiger partial charge is 0.468 e. The molecule has 25 heavy (non-hydrogen) atoms. The molecule has 0 bridgehead atoms. The first-order valence-electron chi connectivity index (χ1n) is 9.02. The van der Waals surface area contributed by atoms with Crippen molar-refractivity contribution in [3.8, 4) is 0 Å². The Kier molecular flexibility index (Phi) is 6.45. The molecule has 3 heterocycles. The van der Waals surface area contributed by atoms with Crippen molar-refractivity contribution >= 4 is 6.03 Å². The summed E-state index contributed by atoms with van der Waals surface area (Å²) < 4.78 is 5.60. The van der Waals surface area contributed by atoms with Gasteiger partial charge in [-0.25, -0.2) is 4.79 Å². The number of rotatable bonds is 7. The molecule has 0 aromatic carbocycles. The summed E-state index contributed by atoms with van der Waals surface area (Å²) >= 11 is 0. The Bertz CT molecular complexity index is 624. The fourth-order valence-corrected chi connectivity index (χ4v) is 3.22. The number of amides is 2. The Morgan fingerprint density at radius 1 is 1.16 bits per heavy atom. The summed E-state index contributed by atoms with van der Waals surface area (Å²) in [5.74, 6) is 0.913. The van der Waals surface area contributed by atoms with Crippen LogP contribution < -0.4 is 10.6 Å². The fraction of sp³-hybridized carbons (Fsp3) is 0.474. The van der Waals surface area contributed by atoms with Gasteiger partial charge < -0.3 is 15.1 Å². The molecule has 3 rings (SSSR count). The second kappa shape index (κ2) is 9.22. The second-order valence-corrected chi connectivity index (χ2v) is 6.34. The maximum absolute atomic E-state index is 12.1. The minimum atomic E-state index is -0.149. The van der Waals surface area contributed by atoms with Crippen LogP contribution in [0, 0.1) is 0 Å². The average Bonchev–Trinajstić information content (AvgIpc) is 3.18. The van der Waals surface area contributed by atoms with E-state index < -0.39 is 0 Å². The lowest BCUT2D eigenvalue weighted by Gasteiger charge is -2.33. The van der Waals surface area contributed by atoms with Gasteiger partial charge in [0.15, 0.2) is 0 Å². The second-order valence-electron chi connectivity index (χ2n) is 6.34. The minimum absolute atomic E-state index is 0.0943. The van der Waals surface area contributed by atoms with E-state index in [0.717, 1.165) is 31.0 Å².